The quantitative estimate of drug-likeness (QED) is 0.864. The second-order valence-electron chi connectivity index (χ2n) is 6.40. The highest BCUT2D eigenvalue weighted by molar-refractivity contribution is 5.81. The monoisotopic (exact) mass is 303 g/mol. The standard InChI is InChI=1S/C16H25N5O/c1-2-12-9-19-16(17)20-14(12)18-8-11-4-3-7-21(10-11)15(22)13-5-6-13/h9,11,13H,2-8,10H2,1H3,(H3,17,18,19,20). The molecule has 1 amide bonds. The predicted molar refractivity (Wildman–Crippen MR) is 86.3 cm³/mol. The first-order valence-corrected chi connectivity index (χ1v) is 8.31. The van der Waals surface area contributed by atoms with Crippen LogP contribution in [0.4, 0.5) is 11.8 Å². The Labute approximate surface area is 131 Å². The number of carbonyl (C=O) groups is 1. The fourth-order valence-electron chi connectivity index (χ4n) is 3.09. The third kappa shape index (κ3) is 3.48. The minimum absolute atomic E-state index is 0.300. The molecule has 1 saturated carbocycles. The number of amides is 1. The molecule has 3 rings (SSSR count). The maximum atomic E-state index is 12.2. The third-order valence-electron chi connectivity index (χ3n) is 4.58. The number of rotatable bonds is 5. The van der Waals surface area contributed by atoms with Crippen LogP contribution in [0.5, 0.6) is 0 Å². The number of nitrogen functional groups attached to an aromatic ring is 1. The van der Waals surface area contributed by atoms with E-state index < -0.39 is 0 Å². The number of aromatic nitrogens is 2. The molecule has 6 nitrogen and oxygen atoms in total. The van der Waals surface area contributed by atoms with Gasteiger partial charge in [0.2, 0.25) is 11.9 Å². The van der Waals surface area contributed by atoms with Crippen LogP contribution in [0.25, 0.3) is 0 Å². The number of hydrogen-bond donors (Lipinski definition) is 2. The van der Waals surface area contributed by atoms with Gasteiger partial charge in [0.15, 0.2) is 0 Å². The molecule has 6 heteroatoms. The summed E-state index contributed by atoms with van der Waals surface area (Å²) in [6, 6.07) is 0. The molecule has 1 atom stereocenters. The Balaban J connectivity index is 1.56. The summed E-state index contributed by atoms with van der Waals surface area (Å²) >= 11 is 0. The van der Waals surface area contributed by atoms with Gasteiger partial charge in [-0.1, -0.05) is 6.92 Å². The van der Waals surface area contributed by atoms with Gasteiger partial charge in [-0.25, -0.2) is 4.98 Å². The van der Waals surface area contributed by atoms with E-state index in [0.717, 1.165) is 63.1 Å². The smallest absolute Gasteiger partial charge is 0.225 e. The van der Waals surface area contributed by atoms with Gasteiger partial charge < -0.3 is 16.0 Å². The number of likely N-dealkylation sites (tertiary alicyclic amines) is 1. The summed E-state index contributed by atoms with van der Waals surface area (Å²) in [6.45, 7) is 4.70. The van der Waals surface area contributed by atoms with Crippen LogP contribution in [0.1, 0.15) is 38.2 Å². The molecular formula is C16H25N5O. The summed E-state index contributed by atoms with van der Waals surface area (Å²) < 4.78 is 0. The predicted octanol–water partition coefficient (Wildman–Crippen LogP) is 1.68. The first-order valence-electron chi connectivity index (χ1n) is 8.31. The first kappa shape index (κ1) is 15.1. The molecule has 1 saturated heterocycles. The van der Waals surface area contributed by atoms with Crippen molar-refractivity contribution in [3.05, 3.63) is 11.8 Å². The fourth-order valence-corrected chi connectivity index (χ4v) is 3.09. The topological polar surface area (TPSA) is 84.1 Å². The van der Waals surface area contributed by atoms with Crippen LogP contribution in [0.15, 0.2) is 6.20 Å². The summed E-state index contributed by atoms with van der Waals surface area (Å²) in [5, 5.41) is 3.41. The zero-order valence-electron chi connectivity index (χ0n) is 13.2. The average Bonchev–Trinajstić information content (AvgIpc) is 3.37. The molecule has 1 aromatic rings. The Kier molecular flexibility index (Phi) is 4.45. The van der Waals surface area contributed by atoms with E-state index in [2.05, 4.69) is 27.1 Å². The van der Waals surface area contributed by atoms with Gasteiger partial charge in [-0.3, -0.25) is 4.79 Å². The molecule has 0 bridgehead atoms. The molecule has 1 aromatic heterocycles. The Morgan fingerprint density at radius 2 is 2.27 bits per heavy atom. The lowest BCUT2D eigenvalue weighted by molar-refractivity contribution is -0.134. The van der Waals surface area contributed by atoms with Crippen molar-refractivity contribution in [2.24, 2.45) is 11.8 Å². The van der Waals surface area contributed by atoms with E-state index >= 15 is 0 Å². The number of nitrogens with one attached hydrogen (secondary N) is 1. The summed E-state index contributed by atoms with van der Waals surface area (Å²) in [6.07, 6.45) is 7.07. The molecule has 2 heterocycles. The van der Waals surface area contributed by atoms with Crippen LogP contribution >= 0.6 is 0 Å². The molecule has 2 fully saturated rings. The summed E-state index contributed by atoms with van der Waals surface area (Å²) in [7, 11) is 0. The second-order valence-corrected chi connectivity index (χ2v) is 6.40. The first-order chi connectivity index (χ1) is 10.7. The fraction of sp³-hybridized carbons (Fsp3) is 0.688. The SMILES string of the molecule is CCc1cnc(N)nc1NCC1CCCN(C(=O)C2CC2)C1. The molecule has 0 spiro atoms. The average molecular weight is 303 g/mol. The lowest BCUT2D eigenvalue weighted by Gasteiger charge is -2.33. The van der Waals surface area contributed by atoms with Gasteiger partial charge in [0.05, 0.1) is 0 Å². The van der Waals surface area contributed by atoms with Crippen LogP contribution in [0.3, 0.4) is 0 Å². The molecule has 1 unspecified atom stereocenters. The number of carbonyl (C=O) groups excluding carboxylic acids is 1. The lowest BCUT2D eigenvalue weighted by Crippen LogP contribution is -2.42. The molecule has 0 aromatic carbocycles. The van der Waals surface area contributed by atoms with E-state index in [1.165, 1.54) is 0 Å². The minimum Gasteiger partial charge on any atom is -0.369 e. The Hall–Kier alpha value is -1.85. The van der Waals surface area contributed by atoms with Gasteiger partial charge in [0, 0.05) is 37.3 Å². The van der Waals surface area contributed by atoms with Crippen molar-refractivity contribution in [3.63, 3.8) is 0 Å². The van der Waals surface area contributed by atoms with Crippen molar-refractivity contribution < 1.29 is 4.79 Å². The molecule has 2 aliphatic rings. The van der Waals surface area contributed by atoms with Crippen molar-refractivity contribution in [1.82, 2.24) is 14.9 Å². The van der Waals surface area contributed by atoms with E-state index in [0.29, 0.717) is 23.7 Å². The molecular weight excluding hydrogens is 278 g/mol. The summed E-state index contributed by atoms with van der Waals surface area (Å²) in [4.78, 5) is 22.6. The van der Waals surface area contributed by atoms with Crippen LogP contribution < -0.4 is 11.1 Å². The van der Waals surface area contributed by atoms with Crippen LogP contribution in [-0.4, -0.2) is 40.4 Å². The largest absolute Gasteiger partial charge is 0.369 e. The molecule has 1 aliphatic heterocycles. The van der Waals surface area contributed by atoms with Crippen molar-refractivity contribution in [1.29, 1.82) is 0 Å². The zero-order chi connectivity index (χ0) is 15.5. The van der Waals surface area contributed by atoms with Crippen LogP contribution in [0.2, 0.25) is 0 Å². The molecule has 120 valence electrons. The van der Waals surface area contributed by atoms with E-state index in [9.17, 15) is 4.79 Å². The van der Waals surface area contributed by atoms with Crippen molar-refractivity contribution >= 4 is 17.7 Å². The van der Waals surface area contributed by atoms with Crippen molar-refractivity contribution in [2.45, 2.75) is 39.0 Å². The number of aryl methyl sites for hydroxylation is 1. The molecule has 22 heavy (non-hydrogen) atoms. The van der Waals surface area contributed by atoms with E-state index in [1.54, 1.807) is 6.20 Å². The molecule has 0 radical (unpaired) electrons. The highest BCUT2D eigenvalue weighted by Gasteiger charge is 2.35. The highest BCUT2D eigenvalue weighted by atomic mass is 16.2. The summed E-state index contributed by atoms with van der Waals surface area (Å²) in [5.41, 5.74) is 6.76. The summed E-state index contributed by atoms with van der Waals surface area (Å²) in [5.74, 6) is 2.30. The van der Waals surface area contributed by atoms with Gasteiger partial charge in [0.25, 0.3) is 0 Å². The van der Waals surface area contributed by atoms with Gasteiger partial charge >= 0.3 is 0 Å². The van der Waals surface area contributed by atoms with E-state index in [-0.39, 0.29) is 0 Å². The minimum atomic E-state index is 0.300. The Morgan fingerprint density at radius 3 is 3.00 bits per heavy atom. The van der Waals surface area contributed by atoms with Gasteiger partial charge in [-0.2, -0.15) is 4.98 Å². The Bertz CT molecular complexity index is 543. The van der Waals surface area contributed by atoms with Gasteiger partial charge in [-0.15, -0.1) is 0 Å². The number of hydrogen-bond acceptors (Lipinski definition) is 5. The normalized spacial score (nSPS) is 21.7. The zero-order valence-corrected chi connectivity index (χ0v) is 13.2. The van der Waals surface area contributed by atoms with Crippen LogP contribution in [0, 0.1) is 11.8 Å². The van der Waals surface area contributed by atoms with Crippen molar-refractivity contribution in [3.8, 4) is 0 Å². The second kappa shape index (κ2) is 6.50. The maximum Gasteiger partial charge on any atom is 0.225 e. The highest BCUT2D eigenvalue weighted by Crippen LogP contribution is 2.32. The van der Waals surface area contributed by atoms with Crippen molar-refractivity contribution in [2.75, 3.05) is 30.7 Å². The van der Waals surface area contributed by atoms with E-state index in [1.807, 2.05) is 0 Å². The van der Waals surface area contributed by atoms with Crippen LogP contribution in [-0.2, 0) is 11.2 Å². The van der Waals surface area contributed by atoms with Gasteiger partial charge in [0.1, 0.15) is 5.82 Å². The molecule has 1 aliphatic carbocycles. The number of piperidine rings is 1. The number of nitrogens with zero attached hydrogens (tertiary/aromatic N) is 3. The van der Waals surface area contributed by atoms with Gasteiger partial charge in [-0.05, 0) is 38.0 Å². The molecule has 3 N–H and O–H groups in total. The lowest BCUT2D eigenvalue weighted by atomic mass is 9.97. The third-order valence-corrected chi connectivity index (χ3v) is 4.58. The Morgan fingerprint density at radius 1 is 1.45 bits per heavy atom. The maximum absolute atomic E-state index is 12.2. The number of nitrogens with two attached hydrogens (primary N) is 1. The van der Waals surface area contributed by atoms with E-state index in [4.69, 9.17) is 5.73 Å². The number of anilines is 2.